The molecule has 2 atom stereocenters. The van der Waals surface area contributed by atoms with Crippen molar-refractivity contribution in [3.8, 4) is 0 Å². The van der Waals surface area contributed by atoms with Gasteiger partial charge in [-0.05, 0) is 11.8 Å². The highest BCUT2D eigenvalue weighted by Gasteiger charge is 2.35. The first kappa shape index (κ1) is 8.06. The summed E-state index contributed by atoms with van der Waals surface area (Å²) in [5, 5.41) is 0. The van der Waals surface area contributed by atoms with Crippen LogP contribution in [-0.2, 0) is 4.74 Å². The lowest BCUT2D eigenvalue weighted by molar-refractivity contribution is -0.153. The highest BCUT2D eigenvalue weighted by molar-refractivity contribution is 4.82. The summed E-state index contributed by atoms with van der Waals surface area (Å²) in [6.07, 6.45) is 0.542. The van der Waals surface area contributed by atoms with Gasteiger partial charge in [0.25, 0.3) is 0 Å². The molecule has 0 amide bonds. The summed E-state index contributed by atoms with van der Waals surface area (Å²) in [7, 11) is 0. The molecule has 0 bridgehead atoms. The Balaban J connectivity index is 2.36. The van der Waals surface area contributed by atoms with E-state index in [2.05, 4.69) is 27.7 Å². The summed E-state index contributed by atoms with van der Waals surface area (Å²) in [5.74, 6) is 2.31. The molecule has 1 saturated heterocycles. The summed E-state index contributed by atoms with van der Waals surface area (Å²) in [5.41, 5.74) is 0. The molecule has 0 aliphatic carbocycles. The van der Waals surface area contributed by atoms with E-state index in [1.54, 1.807) is 0 Å². The van der Waals surface area contributed by atoms with Crippen LogP contribution in [-0.4, -0.2) is 12.7 Å². The first-order chi connectivity index (χ1) is 4.63. The first-order valence-electron chi connectivity index (χ1n) is 4.24. The standard InChI is InChI=1S/C9H18O/c1-6(2)8-5-10-9(8)7(3)4/h6-9H,5H2,1-4H3. The van der Waals surface area contributed by atoms with Crippen LogP contribution in [0.3, 0.4) is 0 Å². The quantitative estimate of drug-likeness (QED) is 0.575. The maximum atomic E-state index is 5.47. The molecule has 0 N–H and O–H groups in total. The van der Waals surface area contributed by atoms with Gasteiger partial charge in [-0.3, -0.25) is 0 Å². The van der Waals surface area contributed by atoms with Crippen LogP contribution in [0.2, 0.25) is 0 Å². The largest absolute Gasteiger partial charge is 0.377 e. The topological polar surface area (TPSA) is 9.23 Å². The van der Waals surface area contributed by atoms with Crippen molar-refractivity contribution in [2.75, 3.05) is 6.61 Å². The van der Waals surface area contributed by atoms with Crippen molar-refractivity contribution in [1.29, 1.82) is 0 Å². The van der Waals surface area contributed by atoms with Crippen LogP contribution in [0.1, 0.15) is 27.7 Å². The molecule has 1 rings (SSSR count). The van der Waals surface area contributed by atoms with Crippen molar-refractivity contribution in [3.63, 3.8) is 0 Å². The Hall–Kier alpha value is -0.0400. The zero-order valence-electron chi connectivity index (χ0n) is 7.42. The van der Waals surface area contributed by atoms with Gasteiger partial charge < -0.3 is 4.74 Å². The summed E-state index contributed by atoms with van der Waals surface area (Å²) in [6.45, 7) is 10.0. The van der Waals surface area contributed by atoms with Crippen LogP contribution in [0.4, 0.5) is 0 Å². The van der Waals surface area contributed by atoms with E-state index in [-0.39, 0.29) is 0 Å². The molecule has 0 aromatic rings. The van der Waals surface area contributed by atoms with Crippen LogP contribution >= 0.6 is 0 Å². The van der Waals surface area contributed by atoms with E-state index in [1.165, 1.54) is 0 Å². The van der Waals surface area contributed by atoms with Gasteiger partial charge in [-0.1, -0.05) is 27.7 Å². The summed E-state index contributed by atoms with van der Waals surface area (Å²) in [4.78, 5) is 0. The average molecular weight is 142 g/mol. The minimum absolute atomic E-state index is 0.542. The van der Waals surface area contributed by atoms with Gasteiger partial charge in [0, 0.05) is 5.92 Å². The van der Waals surface area contributed by atoms with Gasteiger partial charge in [0.05, 0.1) is 12.7 Å². The van der Waals surface area contributed by atoms with E-state index >= 15 is 0 Å². The van der Waals surface area contributed by atoms with E-state index in [0.717, 1.165) is 18.4 Å². The Morgan fingerprint density at radius 1 is 1.10 bits per heavy atom. The van der Waals surface area contributed by atoms with Gasteiger partial charge in [0.15, 0.2) is 0 Å². The van der Waals surface area contributed by atoms with Gasteiger partial charge in [0.2, 0.25) is 0 Å². The number of ether oxygens (including phenoxy) is 1. The fraction of sp³-hybridized carbons (Fsp3) is 1.00. The number of rotatable bonds is 2. The Labute approximate surface area is 63.8 Å². The average Bonchev–Trinajstić information content (AvgIpc) is 1.56. The van der Waals surface area contributed by atoms with E-state index in [0.29, 0.717) is 12.0 Å². The second-order valence-corrected chi connectivity index (χ2v) is 3.95. The highest BCUT2D eigenvalue weighted by atomic mass is 16.5. The second-order valence-electron chi connectivity index (χ2n) is 3.95. The lowest BCUT2D eigenvalue weighted by atomic mass is 9.81. The lowest BCUT2D eigenvalue weighted by Gasteiger charge is -2.42. The molecule has 1 fully saturated rings. The highest BCUT2D eigenvalue weighted by Crippen LogP contribution is 2.32. The normalized spacial score (nSPS) is 33.0. The van der Waals surface area contributed by atoms with Gasteiger partial charge in [-0.25, -0.2) is 0 Å². The molecule has 1 aliphatic heterocycles. The SMILES string of the molecule is CC(C)C1COC1C(C)C. The summed E-state index contributed by atoms with van der Waals surface area (Å²) < 4.78 is 5.47. The minimum atomic E-state index is 0.542. The molecule has 1 aliphatic rings. The van der Waals surface area contributed by atoms with E-state index < -0.39 is 0 Å². The smallest absolute Gasteiger partial charge is 0.0650 e. The fourth-order valence-electron chi connectivity index (χ4n) is 1.58. The molecule has 1 heterocycles. The maximum absolute atomic E-state index is 5.47. The molecule has 60 valence electrons. The van der Waals surface area contributed by atoms with Crippen molar-refractivity contribution < 1.29 is 4.74 Å². The van der Waals surface area contributed by atoms with Crippen LogP contribution < -0.4 is 0 Å². The van der Waals surface area contributed by atoms with Crippen molar-refractivity contribution in [2.45, 2.75) is 33.8 Å². The van der Waals surface area contributed by atoms with Gasteiger partial charge in [-0.15, -0.1) is 0 Å². The van der Waals surface area contributed by atoms with Crippen LogP contribution in [0.15, 0.2) is 0 Å². The van der Waals surface area contributed by atoms with E-state index in [1.807, 2.05) is 0 Å². The van der Waals surface area contributed by atoms with Crippen LogP contribution in [0.25, 0.3) is 0 Å². The Morgan fingerprint density at radius 3 is 1.80 bits per heavy atom. The second kappa shape index (κ2) is 2.91. The predicted molar refractivity (Wildman–Crippen MR) is 42.9 cm³/mol. The molecule has 2 unspecified atom stereocenters. The molecule has 10 heavy (non-hydrogen) atoms. The summed E-state index contributed by atoms with van der Waals surface area (Å²) >= 11 is 0. The molecule has 0 saturated carbocycles. The molecular formula is C9H18O. The van der Waals surface area contributed by atoms with Crippen LogP contribution in [0.5, 0.6) is 0 Å². The third-order valence-electron chi connectivity index (χ3n) is 2.42. The van der Waals surface area contributed by atoms with Crippen molar-refractivity contribution in [3.05, 3.63) is 0 Å². The monoisotopic (exact) mass is 142 g/mol. The predicted octanol–water partition coefficient (Wildman–Crippen LogP) is 2.31. The summed E-state index contributed by atoms with van der Waals surface area (Å²) in [6, 6.07) is 0. The minimum Gasteiger partial charge on any atom is -0.377 e. The fourth-order valence-corrected chi connectivity index (χ4v) is 1.58. The number of hydrogen-bond donors (Lipinski definition) is 0. The van der Waals surface area contributed by atoms with E-state index in [4.69, 9.17) is 4.74 Å². The molecule has 1 nitrogen and oxygen atoms in total. The molecule has 0 aromatic carbocycles. The molecule has 0 aromatic heterocycles. The first-order valence-corrected chi connectivity index (χ1v) is 4.24. The Kier molecular flexibility index (Phi) is 2.35. The third-order valence-corrected chi connectivity index (χ3v) is 2.42. The molecular weight excluding hydrogens is 124 g/mol. The van der Waals surface area contributed by atoms with Crippen molar-refractivity contribution in [2.24, 2.45) is 17.8 Å². The molecule has 0 spiro atoms. The maximum Gasteiger partial charge on any atom is 0.0650 e. The molecule has 1 heteroatoms. The van der Waals surface area contributed by atoms with Gasteiger partial charge in [-0.2, -0.15) is 0 Å². The van der Waals surface area contributed by atoms with Crippen LogP contribution in [0, 0.1) is 17.8 Å². The third kappa shape index (κ3) is 1.34. The number of hydrogen-bond acceptors (Lipinski definition) is 1. The van der Waals surface area contributed by atoms with Crippen molar-refractivity contribution >= 4 is 0 Å². The zero-order valence-corrected chi connectivity index (χ0v) is 7.42. The van der Waals surface area contributed by atoms with Gasteiger partial charge >= 0.3 is 0 Å². The Bertz CT molecular complexity index is 93.3. The molecule has 0 radical (unpaired) electrons. The lowest BCUT2D eigenvalue weighted by Crippen LogP contribution is -2.46. The Morgan fingerprint density at radius 2 is 1.70 bits per heavy atom. The zero-order chi connectivity index (χ0) is 7.72. The van der Waals surface area contributed by atoms with E-state index in [9.17, 15) is 0 Å². The van der Waals surface area contributed by atoms with Crippen molar-refractivity contribution in [1.82, 2.24) is 0 Å². The van der Waals surface area contributed by atoms with Gasteiger partial charge in [0.1, 0.15) is 0 Å².